The van der Waals surface area contributed by atoms with Crippen molar-refractivity contribution < 1.29 is 33.0 Å². The number of aromatic nitrogens is 2. The molecular formula is C37H45FN6O6S. The monoisotopic (exact) mass is 720 g/mol. The minimum atomic E-state index is -0.868. The van der Waals surface area contributed by atoms with Gasteiger partial charge in [-0.1, -0.05) is 26.8 Å². The van der Waals surface area contributed by atoms with E-state index in [1.165, 1.54) is 23.5 Å². The number of urea groups is 1. The molecule has 1 saturated carbocycles. The molecular weight excluding hydrogens is 676 g/mol. The van der Waals surface area contributed by atoms with E-state index in [-0.39, 0.29) is 43.4 Å². The number of ether oxygens (including phenoxy) is 3. The smallest absolute Gasteiger partial charge is 0.408 e. The minimum absolute atomic E-state index is 0.0351. The van der Waals surface area contributed by atoms with Gasteiger partial charge in [0.15, 0.2) is 17.3 Å². The highest BCUT2D eigenvalue weighted by molar-refractivity contribution is 7.22. The van der Waals surface area contributed by atoms with Crippen LogP contribution in [0.2, 0.25) is 0 Å². The molecule has 12 nitrogen and oxygen atoms in total. The zero-order chi connectivity index (χ0) is 36.9. The van der Waals surface area contributed by atoms with Crippen LogP contribution in [-0.4, -0.2) is 70.8 Å². The molecule has 4 aromatic rings. The quantitative estimate of drug-likeness (QED) is 0.137. The SMILES string of the molecule is COCCN(Cc1ccc(-c2sc3cccnc3c2Oc2ccc(NC(=O)NC3CC3)cc2F)nc1)C(=O)C(NC(=O)OC(C)(C)C)C(C)(C)C. The molecule has 1 aliphatic rings. The molecule has 5 rings (SSSR count). The Hall–Kier alpha value is -4.82. The molecule has 1 aliphatic carbocycles. The number of carbonyl (C=O) groups is 3. The molecule has 3 aromatic heterocycles. The molecule has 0 aliphatic heterocycles. The molecule has 3 N–H and O–H groups in total. The minimum Gasteiger partial charge on any atom is -0.450 e. The van der Waals surface area contributed by atoms with Crippen molar-refractivity contribution in [1.82, 2.24) is 25.5 Å². The summed E-state index contributed by atoms with van der Waals surface area (Å²) in [4.78, 5) is 50.3. The van der Waals surface area contributed by atoms with Crippen LogP contribution in [-0.2, 0) is 20.8 Å². The van der Waals surface area contributed by atoms with Crippen LogP contribution in [0.4, 0.5) is 19.7 Å². The first-order chi connectivity index (χ1) is 24.1. The molecule has 0 bridgehead atoms. The van der Waals surface area contributed by atoms with E-state index < -0.39 is 29.0 Å². The number of halogens is 1. The maximum Gasteiger partial charge on any atom is 0.408 e. The van der Waals surface area contributed by atoms with Crippen LogP contribution < -0.4 is 20.7 Å². The second-order valence-electron chi connectivity index (χ2n) is 14.5. The van der Waals surface area contributed by atoms with Crippen LogP contribution in [0.1, 0.15) is 59.9 Å². The van der Waals surface area contributed by atoms with E-state index in [0.29, 0.717) is 27.5 Å². The summed E-state index contributed by atoms with van der Waals surface area (Å²) in [6, 6.07) is 10.5. The van der Waals surface area contributed by atoms with Crippen LogP contribution in [0.5, 0.6) is 11.5 Å². The second-order valence-corrected chi connectivity index (χ2v) is 15.5. The van der Waals surface area contributed by atoms with Crippen LogP contribution in [0.25, 0.3) is 20.8 Å². The molecule has 0 radical (unpaired) electrons. The number of methoxy groups -OCH3 is 1. The van der Waals surface area contributed by atoms with Gasteiger partial charge in [0.1, 0.15) is 17.2 Å². The van der Waals surface area contributed by atoms with Crippen molar-refractivity contribution in [2.45, 2.75) is 78.6 Å². The van der Waals surface area contributed by atoms with Crippen molar-refractivity contribution in [3.8, 4) is 22.1 Å². The van der Waals surface area contributed by atoms with E-state index in [9.17, 15) is 14.4 Å². The summed E-state index contributed by atoms with van der Waals surface area (Å²) in [6.45, 7) is 11.7. The number of alkyl carbamates (subject to hydrolysis) is 1. The molecule has 1 fully saturated rings. The largest absolute Gasteiger partial charge is 0.450 e. The van der Waals surface area contributed by atoms with E-state index in [0.717, 1.165) is 23.1 Å². The fourth-order valence-corrected chi connectivity index (χ4v) is 6.19. The molecule has 1 unspecified atom stereocenters. The first-order valence-corrected chi connectivity index (χ1v) is 17.6. The number of hydrogen-bond donors (Lipinski definition) is 3. The summed E-state index contributed by atoms with van der Waals surface area (Å²) in [6.07, 6.45) is 4.52. The van der Waals surface area contributed by atoms with Gasteiger partial charge in [0, 0.05) is 50.4 Å². The number of fused-ring (bicyclic) bond motifs is 1. The Bertz CT molecular complexity index is 1870. The van der Waals surface area contributed by atoms with Crippen LogP contribution in [0.3, 0.4) is 0 Å². The van der Waals surface area contributed by atoms with Crippen molar-refractivity contribution in [2.75, 3.05) is 25.6 Å². The Balaban J connectivity index is 1.37. The molecule has 272 valence electrons. The third-order valence-corrected chi connectivity index (χ3v) is 8.95. The number of hydrogen-bond acceptors (Lipinski definition) is 9. The van der Waals surface area contributed by atoms with E-state index in [2.05, 4.69) is 20.9 Å². The molecule has 1 atom stereocenters. The fourth-order valence-electron chi connectivity index (χ4n) is 5.12. The number of nitrogens with one attached hydrogen (secondary N) is 3. The van der Waals surface area contributed by atoms with Gasteiger partial charge in [-0.25, -0.2) is 14.0 Å². The Morgan fingerprint density at radius 2 is 1.82 bits per heavy atom. The Kier molecular flexibility index (Phi) is 11.5. The van der Waals surface area contributed by atoms with Crippen molar-refractivity contribution >= 4 is 45.3 Å². The molecule has 0 saturated heterocycles. The third-order valence-electron chi connectivity index (χ3n) is 7.80. The number of anilines is 1. The highest BCUT2D eigenvalue weighted by atomic mass is 32.1. The maximum absolute atomic E-state index is 15.3. The number of amides is 4. The second kappa shape index (κ2) is 15.6. The summed E-state index contributed by atoms with van der Waals surface area (Å²) >= 11 is 1.41. The lowest BCUT2D eigenvalue weighted by molar-refractivity contribution is -0.137. The van der Waals surface area contributed by atoms with Crippen LogP contribution in [0.15, 0.2) is 54.9 Å². The zero-order valence-corrected chi connectivity index (χ0v) is 30.8. The average molecular weight is 721 g/mol. The number of benzene rings is 1. The van der Waals surface area contributed by atoms with E-state index in [1.54, 1.807) is 51.2 Å². The topological polar surface area (TPSA) is 144 Å². The molecule has 0 spiro atoms. The van der Waals surface area contributed by atoms with Gasteiger partial charge in [-0.2, -0.15) is 0 Å². The van der Waals surface area contributed by atoms with E-state index in [4.69, 9.17) is 19.2 Å². The lowest BCUT2D eigenvalue weighted by atomic mass is 9.85. The number of thiophene rings is 1. The van der Waals surface area contributed by atoms with Gasteiger partial charge < -0.3 is 35.1 Å². The van der Waals surface area contributed by atoms with Gasteiger partial charge in [-0.15, -0.1) is 11.3 Å². The maximum atomic E-state index is 15.3. The lowest BCUT2D eigenvalue weighted by Gasteiger charge is -2.35. The van der Waals surface area contributed by atoms with Gasteiger partial charge >= 0.3 is 12.1 Å². The Morgan fingerprint density at radius 1 is 1.06 bits per heavy atom. The van der Waals surface area contributed by atoms with Crippen LogP contribution >= 0.6 is 11.3 Å². The van der Waals surface area contributed by atoms with Crippen molar-refractivity contribution in [2.24, 2.45) is 5.41 Å². The standard InChI is InChI=1S/C37H45FN6O6S/c1-36(2,3)32(43-35(47)50-37(4,5)6)33(45)44(17-18-48-7)21-22-10-14-26(40-20-22)31-30(29-28(51-31)9-8-16-39-29)49-27-15-13-24(19-25(27)38)42-34(46)41-23-11-12-23/h8-10,13-16,19-20,23,32H,11-12,17-18,21H2,1-7H3,(H,43,47)(H2,41,42,46). The number of carbonyl (C=O) groups excluding carboxylic acids is 3. The predicted octanol–water partition coefficient (Wildman–Crippen LogP) is 7.49. The normalized spacial score (nSPS) is 13.7. The predicted molar refractivity (Wildman–Crippen MR) is 194 cm³/mol. The van der Waals surface area contributed by atoms with Crippen LogP contribution in [0, 0.1) is 11.2 Å². The van der Waals surface area contributed by atoms with Gasteiger partial charge in [0.05, 0.1) is 21.9 Å². The summed E-state index contributed by atoms with van der Waals surface area (Å²) in [7, 11) is 1.56. The number of rotatable bonds is 12. The first kappa shape index (κ1) is 37.4. The highest BCUT2D eigenvalue weighted by Gasteiger charge is 2.37. The molecule has 1 aromatic carbocycles. The Labute approximate surface area is 301 Å². The number of pyridine rings is 2. The van der Waals surface area contributed by atoms with E-state index in [1.807, 2.05) is 45.0 Å². The van der Waals surface area contributed by atoms with Crippen molar-refractivity contribution in [1.29, 1.82) is 0 Å². The van der Waals surface area contributed by atoms with Crippen molar-refractivity contribution in [3.05, 3.63) is 66.2 Å². The Morgan fingerprint density at radius 3 is 2.45 bits per heavy atom. The molecule has 14 heteroatoms. The zero-order valence-electron chi connectivity index (χ0n) is 30.0. The highest BCUT2D eigenvalue weighted by Crippen LogP contribution is 2.45. The lowest BCUT2D eigenvalue weighted by Crippen LogP contribution is -2.55. The first-order valence-electron chi connectivity index (χ1n) is 16.8. The fraction of sp³-hybridized carbons (Fsp3) is 0.432. The molecule has 4 amide bonds. The van der Waals surface area contributed by atoms with E-state index >= 15 is 4.39 Å². The summed E-state index contributed by atoms with van der Waals surface area (Å²) < 4.78 is 33.0. The van der Waals surface area contributed by atoms with Crippen molar-refractivity contribution in [3.63, 3.8) is 0 Å². The van der Waals surface area contributed by atoms with Gasteiger partial charge in [-0.3, -0.25) is 14.8 Å². The summed E-state index contributed by atoms with van der Waals surface area (Å²) in [5.41, 5.74) is 0.829. The molecule has 51 heavy (non-hydrogen) atoms. The average Bonchev–Trinajstić information content (AvgIpc) is 3.79. The summed E-state index contributed by atoms with van der Waals surface area (Å²) in [5, 5.41) is 8.24. The third kappa shape index (κ3) is 10.1. The van der Waals surface area contributed by atoms with Gasteiger partial charge in [0.2, 0.25) is 5.91 Å². The summed E-state index contributed by atoms with van der Waals surface area (Å²) in [5.74, 6) is -0.626. The number of nitrogens with zero attached hydrogens (tertiary/aromatic N) is 3. The molecule has 3 heterocycles. The van der Waals surface area contributed by atoms with Gasteiger partial charge in [-0.05, 0) is 74.9 Å². The van der Waals surface area contributed by atoms with Gasteiger partial charge in [0.25, 0.3) is 0 Å².